The first-order valence-electron chi connectivity index (χ1n) is 12.1. The lowest BCUT2D eigenvalue weighted by atomic mass is 9.77. The molecule has 1 aliphatic heterocycles. The molecule has 1 saturated heterocycles. The van der Waals surface area contributed by atoms with Crippen molar-refractivity contribution in [3.05, 3.63) is 48.0 Å². The Kier molecular flexibility index (Phi) is 7.35. The second kappa shape index (κ2) is 10.4. The molecule has 2 fully saturated rings. The summed E-state index contributed by atoms with van der Waals surface area (Å²) in [6, 6.07) is 11.9. The molecule has 0 bridgehead atoms. The van der Waals surface area contributed by atoms with Crippen molar-refractivity contribution in [1.29, 1.82) is 0 Å². The quantitative estimate of drug-likeness (QED) is 0.445. The van der Waals surface area contributed by atoms with Crippen molar-refractivity contribution in [2.24, 2.45) is 11.8 Å². The van der Waals surface area contributed by atoms with E-state index in [-0.39, 0.29) is 18.4 Å². The lowest BCUT2D eigenvalue weighted by molar-refractivity contribution is -0.156. The van der Waals surface area contributed by atoms with E-state index in [1.54, 1.807) is 26.0 Å². The minimum Gasteiger partial charge on any atom is -0.434 e. The van der Waals surface area contributed by atoms with E-state index in [1.165, 1.54) is 5.01 Å². The van der Waals surface area contributed by atoms with E-state index in [1.807, 2.05) is 30.3 Å². The Morgan fingerprint density at radius 3 is 2.37 bits per heavy atom. The molecule has 1 heterocycles. The Morgan fingerprint density at radius 2 is 1.71 bits per heavy atom. The van der Waals surface area contributed by atoms with Gasteiger partial charge in [-0.1, -0.05) is 43.2 Å². The van der Waals surface area contributed by atoms with Crippen molar-refractivity contribution in [1.82, 2.24) is 15.8 Å². The van der Waals surface area contributed by atoms with Gasteiger partial charge in [0.05, 0.1) is 12.3 Å². The van der Waals surface area contributed by atoms with Crippen LogP contribution in [0.3, 0.4) is 0 Å². The summed E-state index contributed by atoms with van der Waals surface area (Å²) >= 11 is 0. The van der Waals surface area contributed by atoms with Gasteiger partial charge in [-0.3, -0.25) is 29.6 Å². The molecule has 9 nitrogen and oxygen atoms in total. The minimum atomic E-state index is -1.39. The predicted molar refractivity (Wildman–Crippen MR) is 127 cm³/mol. The summed E-state index contributed by atoms with van der Waals surface area (Å²) in [6.07, 6.45) is 1.09. The summed E-state index contributed by atoms with van der Waals surface area (Å²) in [5, 5.41) is 15.7. The number of carbonyl (C=O) groups is 4. The highest BCUT2D eigenvalue weighted by Gasteiger charge is 2.42. The fraction of sp³-hybridized carbons (Fsp3) is 0.462. The third kappa shape index (κ3) is 5.45. The van der Waals surface area contributed by atoms with Crippen molar-refractivity contribution in [2.75, 3.05) is 0 Å². The van der Waals surface area contributed by atoms with Crippen molar-refractivity contribution >= 4 is 34.5 Å². The zero-order valence-corrected chi connectivity index (χ0v) is 19.9. The number of hydrogen-bond acceptors (Lipinski definition) is 6. The van der Waals surface area contributed by atoms with Gasteiger partial charge in [-0.25, -0.2) is 0 Å². The standard InChI is InChI=1S/C26H31N3O6/c1-15(2)29(28-23(31)18-12-11-16-7-3-4-8-17(16)13-18)25(33)20-10-6-5-9-19(20)24(32)27-21-14-22(30)35-26(21)34/h3-4,7-8,11-13,15,19-21,26,34H,5-6,9-10,14H2,1-2H3,(H,27,32)(H,28,31). The molecule has 0 aromatic heterocycles. The number of carbonyl (C=O) groups excluding carboxylic acids is 4. The van der Waals surface area contributed by atoms with E-state index in [4.69, 9.17) is 4.74 Å². The Hall–Kier alpha value is -3.46. The van der Waals surface area contributed by atoms with Crippen LogP contribution >= 0.6 is 0 Å². The van der Waals surface area contributed by atoms with E-state index >= 15 is 0 Å². The number of hydrazine groups is 1. The van der Waals surface area contributed by atoms with Gasteiger partial charge >= 0.3 is 5.97 Å². The van der Waals surface area contributed by atoms with Crippen LogP contribution in [0.5, 0.6) is 0 Å². The molecule has 4 rings (SSSR count). The van der Waals surface area contributed by atoms with Gasteiger partial charge in [-0.05, 0) is 49.6 Å². The van der Waals surface area contributed by atoms with E-state index in [0.29, 0.717) is 18.4 Å². The molecule has 0 spiro atoms. The molecule has 4 unspecified atom stereocenters. The molecule has 2 aliphatic rings. The molecule has 1 aliphatic carbocycles. The lowest BCUT2D eigenvalue weighted by Crippen LogP contribution is -2.55. The van der Waals surface area contributed by atoms with Gasteiger partial charge in [0.25, 0.3) is 5.91 Å². The van der Waals surface area contributed by atoms with Crippen LogP contribution in [0.1, 0.15) is 56.3 Å². The van der Waals surface area contributed by atoms with Gasteiger partial charge in [-0.15, -0.1) is 0 Å². The van der Waals surface area contributed by atoms with E-state index in [0.717, 1.165) is 23.6 Å². The average molecular weight is 482 g/mol. The van der Waals surface area contributed by atoms with Gasteiger partial charge < -0.3 is 15.2 Å². The number of aliphatic hydroxyl groups excluding tert-OH is 1. The summed E-state index contributed by atoms with van der Waals surface area (Å²) < 4.78 is 4.70. The van der Waals surface area contributed by atoms with Crippen LogP contribution < -0.4 is 10.7 Å². The molecule has 3 N–H and O–H groups in total. The zero-order chi connectivity index (χ0) is 25.1. The number of nitrogens with one attached hydrogen (secondary N) is 2. The highest BCUT2D eigenvalue weighted by molar-refractivity contribution is 5.99. The Balaban J connectivity index is 1.48. The van der Waals surface area contributed by atoms with Gasteiger partial charge in [0.2, 0.25) is 18.1 Å². The van der Waals surface area contributed by atoms with E-state index < -0.39 is 42.0 Å². The molecule has 4 atom stereocenters. The molecule has 186 valence electrons. The topological polar surface area (TPSA) is 125 Å². The number of rotatable bonds is 5. The van der Waals surface area contributed by atoms with Crippen molar-refractivity contribution in [3.63, 3.8) is 0 Å². The molecule has 3 amide bonds. The zero-order valence-electron chi connectivity index (χ0n) is 19.9. The first kappa shape index (κ1) is 24.7. The third-order valence-corrected chi connectivity index (χ3v) is 6.72. The van der Waals surface area contributed by atoms with Crippen molar-refractivity contribution < 1.29 is 29.0 Å². The normalized spacial score (nSPS) is 24.2. The number of cyclic esters (lactones) is 1. The number of esters is 1. The smallest absolute Gasteiger partial charge is 0.310 e. The Labute approximate surface area is 203 Å². The molecule has 0 radical (unpaired) electrons. The van der Waals surface area contributed by atoms with Gasteiger partial charge in [0.1, 0.15) is 6.04 Å². The van der Waals surface area contributed by atoms with Crippen LogP contribution in [-0.2, 0) is 19.1 Å². The van der Waals surface area contributed by atoms with Crippen molar-refractivity contribution in [3.8, 4) is 0 Å². The number of amides is 3. The summed E-state index contributed by atoms with van der Waals surface area (Å²) in [6.45, 7) is 3.60. The number of hydrogen-bond donors (Lipinski definition) is 3. The minimum absolute atomic E-state index is 0.113. The Bertz CT molecular complexity index is 1130. The fourth-order valence-corrected chi connectivity index (χ4v) is 4.82. The molecule has 1 saturated carbocycles. The van der Waals surface area contributed by atoms with Crippen LogP contribution in [0.4, 0.5) is 0 Å². The third-order valence-electron chi connectivity index (χ3n) is 6.72. The Morgan fingerprint density at radius 1 is 1.03 bits per heavy atom. The molecule has 9 heteroatoms. The molecular formula is C26H31N3O6. The van der Waals surface area contributed by atoms with Crippen LogP contribution in [0.25, 0.3) is 10.8 Å². The first-order valence-corrected chi connectivity index (χ1v) is 12.1. The summed E-state index contributed by atoms with van der Waals surface area (Å²) in [7, 11) is 0. The summed E-state index contributed by atoms with van der Waals surface area (Å²) in [5.74, 6) is -2.96. The summed E-state index contributed by atoms with van der Waals surface area (Å²) in [4.78, 5) is 51.1. The SMILES string of the molecule is CC(C)N(NC(=O)c1ccc2ccccc2c1)C(=O)C1CCCCC1C(=O)NC1CC(=O)OC1O. The van der Waals surface area contributed by atoms with E-state index in [9.17, 15) is 24.3 Å². The second-order valence-corrected chi connectivity index (χ2v) is 9.50. The number of nitrogens with zero attached hydrogens (tertiary/aromatic N) is 1. The number of fused-ring (bicyclic) bond motifs is 1. The number of benzene rings is 2. The van der Waals surface area contributed by atoms with Gasteiger partial charge in [0.15, 0.2) is 0 Å². The fourth-order valence-electron chi connectivity index (χ4n) is 4.82. The highest BCUT2D eigenvalue weighted by Crippen LogP contribution is 2.32. The lowest BCUT2D eigenvalue weighted by Gasteiger charge is -2.36. The molecule has 35 heavy (non-hydrogen) atoms. The van der Waals surface area contributed by atoms with Gasteiger partial charge in [-0.2, -0.15) is 0 Å². The predicted octanol–water partition coefficient (Wildman–Crippen LogP) is 2.28. The monoisotopic (exact) mass is 481 g/mol. The van der Waals surface area contributed by atoms with Crippen LogP contribution in [0.15, 0.2) is 42.5 Å². The maximum atomic E-state index is 13.6. The van der Waals surface area contributed by atoms with Crippen LogP contribution in [0, 0.1) is 11.8 Å². The largest absolute Gasteiger partial charge is 0.434 e. The average Bonchev–Trinajstić information content (AvgIpc) is 3.17. The molecule has 2 aromatic carbocycles. The van der Waals surface area contributed by atoms with E-state index in [2.05, 4.69) is 10.7 Å². The van der Waals surface area contributed by atoms with Gasteiger partial charge in [0, 0.05) is 17.5 Å². The number of aliphatic hydroxyl groups is 1. The first-order chi connectivity index (χ1) is 16.7. The van der Waals surface area contributed by atoms with Crippen LogP contribution in [0.2, 0.25) is 0 Å². The molecular weight excluding hydrogens is 450 g/mol. The highest BCUT2D eigenvalue weighted by atomic mass is 16.6. The second-order valence-electron chi connectivity index (χ2n) is 9.50. The summed E-state index contributed by atoms with van der Waals surface area (Å²) in [5.41, 5.74) is 3.18. The maximum absolute atomic E-state index is 13.6. The van der Waals surface area contributed by atoms with Crippen LogP contribution in [-0.4, -0.2) is 52.2 Å². The molecule has 2 aromatic rings. The number of ether oxygens (including phenoxy) is 1. The van der Waals surface area contributed by atoms with Crippen molar-refractivity contribution in [2.45, 2.75) is 64.3 Å². The maximum Gasteiger partial charge on any atom is 0.310 e.